The number of hydrogen-bond donors (Lipinski definition) is 4. The molecule has 39 heavy (non-hydrogen) atoms. The molecule has 0 heterocycles. The van der Waals surface area contributed by atoms with Crippen molar-refractivity contribution in [3.05, 3.63) is 138 Å². The van der Waals surface area contributed by atoms with E-state index in [4.69, 9.17) is 12.2 Å². The molecule has 4 N–H and O–H groups in total. The van der Waals surface area contributed by atoms with Gasteiger partial charge in [0.1, 0.15) is 0 Å². The third-order valence-electron chi connectivity index (χ3n) is 5.99. The number of rotatable bonds is 8. The largest absolute Gasteiger partial charge is 0.416 e. The van der Waals surface area contributed by atoms with Crippen molar-refractivity contribution in [2.45, 2.75) is 24.8 Å². The summed E-state index contributed by atoms with van der Waals surface area (Å²) in [6.07, 6.45) is -4.46. The van der Waals surface area contributed by atoms with E-state index >= 15 is 0 Å². The van der Waals surface area contributed by atoms with E-state index in [2.05, 4.69) is 21.3 Å². The first kappa shape index (κ1) is 27.7. The molecular weight excluding hydrogens is 521 g/mol. The van der Waals surface area contributed by atoms with Crippen LogP contribution in [0.1, 0.15) is 34.3 Å². The SMILES string of the molecule is O=C(Nc1ccc(C(F)(F)F)cc1)N[C@@H](c1ccccc1)[C@H](NC(=S)NCc1ccccc1)c1ccccc1. The fourth-order valence-electron chi connectivity index (χ4n) is 4.06. The van der Waals surface area contributed by atoms with Gasteiger partial charge in [-0.3, -0.25) is 0 Å². The topological polar surface area (TPSA) is 65.2 Å². The second-order valence-electron chi connectivity index (χ2n) is 8.76. The highest BCUT2D eigenvalue weighted by atomic mass is 32.1. The minimum Gasteiger partial charge on any atom is -0.359 e. The van der Waals surface area contributed by atoms with Gasteiger partial charge < -0.3 is 21.3 Å². The smallest absolute Gasteiger partial charge is 0.359 e. The van der Waals surface area contributed by atoms with Gasteiger partial charge in [0.2, 0.25) is 0 Å². The molecule has 0 aliphatic heterocycles. The summed E-state index contributed by atoms with van der Waals surface area (Å²) in [7, 11) is 0. The van der Waals surface area contributed by atoms with E-state index in [-0.39, 0.29) is 5.69 Å². The zero-order valence-corrected chi connectivity index (χ0v) is 21.6. The molecular formula is C30H27F3N4OS. The molecule has 9 heteroatoms. The summed E-state index contributed by atoms with van der Waals surface area (Å²) in [4.78, 5) is 13.1. The van der Waals surface area contributed by atoms with E-state index in [1.807, 2.05) is 91.0 Å². The summed E-state index contributed by atoms with van der Waals surface area (Å²) in [5, 5.41) is 12.6. The van der Waals surface area contributed by atoms with Gasteiger partial charge in [-0.1, -0.05) is 91.0 Å². The average Bonchev–Trinajstić information content (AvgIpc) is 2.95. The summed E-state index contributed by atoms with van der Waals surface area (Å²) in [5.41, 5.74) is 2.20. The van der Waals surface area contributed by atoms with Gasteiger partial charge in [-0.15, -0.1) is 0 Å². The second kappa shape index (κ2) is 12.9. The van der Waals surface area contributed by atoms with Crippen LogP contribution in [0, 0.1) is 0 Å². The Labute approximate surface area is 230 Å². The van der Waals surface area contributed by atoms with E-state index < -0.39 is 29.9 Å². The molecule has 0 aliphatic rings. The molecule has 0 spiro atoms. The lowest BCUT2D eigenvalue weighted by Gasteiger charge is -2.31. The average molecular weight is 549 g/mol. The Morgan fingerprint density at radius 3 is 1.69 bits per heavy atom. The van der Waals surface area contributed by atoms with Gasteiger partial charge in [-0.05, 0) is 53.2 Å². The maximum absolute atomic E-state index is 13.1. The molecule has 2 atom stereocenters. The van der Waals surface area contributed by atoms with Crippen LogP contribution >= 0.6 is 12.2 Å². The Hall–Kier alpha value is -4.37. The summed E-state index contributed by atoms with van der Waals surface area (Å²) in [6.45, 7) is 0.520. The van der Waals surface area contributed by atoms with Gasteiger partial charge in [-0.25, -0.2) is 4.79 Å². The molecule has 0 saturated carbocycles. The Morgan fingerprint density at radius 2 is 1.18 bits per heavy atom. The summed E-state index contributed by atoms with van der Waals surface area (Å²) < 4.78 is 38.8. The lowest BCUT2D eigenvalue weighted by Crippen LogP contribution is -2.45. The van der Waals surface area contributed by atoms with Gasteiger partial charge in [0.15, 0.2) is 5.11 Å². The van der Waals surface area contributed by atoms with Gasteiger partial charge >= 0.3 is 12.2 Å². The molecule has 0 aromatic heterocycles. The lowest BCUT2D eigenvalue weighted by atomic mass is 9.93. The molecule has 0 radical (unpaired) electrons. The van der Waals surface area contributed by atoms with E-state index in [1.165, 1.54) is 12.1 Å². The van der Waals surface area contributed by atoms with Crippen molar-refractivity contribution in [2.75, 3.05) is 5.32 Å². The number of alkyl halides is 3. The lowest BCUT2D eigenvalue weighted by molar-refractivity contribution is -0.137. The first-order chi connectivity index (χ1) is 18.8. The van der Waals surface area contributed by atoms with Gasteiger partial charge in [0.25, 0.3) is 0 Å². The van der Waals surface area contributed by atoms with Crippen LogP contribution in [-0.4, -0.2) is 11.1 Å². The monoisotopic (exact) mass is 548 g/mol. The van der Waals surface area contributed by atoms with Crippen LogP contribution in [0.4, 0.5) is 23.7 Å². The summed E-state index contributed by atoms with van der Waals surface area (Å²) in [5.74, 6) is 0. The van der Waals surface area contributed by atoms with Crippen molar-refractivity contribution in [1.82, 2.24) is 16.0 Å². The maximum Gasteiger partial charge on any atom is 0.416 e. The van der Waals surface area contributed by atoms with Crippen LogP contribution in [0.15, 0.2) is 115 Å². The Morgan fingerprint density at radius 1 is 0.692 bits per heavy atom. The van der Waals surface area contributed by atoms with E-state index in [1.54, 1.807) is 0 Å². The van der Waals surface area contributed by atoms with E-state index in [0.29, 0.717) is 11.7 Å². The molecule has 5 nitrogen and oxygen atoms in total. The highest BCUT2D eigenvalue weighted by Crippen LogP contribution is 2.31. The van der Waals surface area contributed by atoms with Crippen molar-refractivity contribution >= 4 is 29.0 Å². The van der Waals surface area contributed by atoms with Crippen LogP contribution in [0.25, 0.3) is 0 Å². The molecule has 2 amide bonds. The minimum atomic E-state index is -4.46. The number of urea groups is 1. The predicted octanol–water partition coefficient (Wildman–Crippen LogP) is 6.97. The van der Waals surface area contributed by atoms with Crippen LogP contribution in [0.3, 0.4) is 0 Å². The molecule has 4 aromatic rings. The number of amides is 2. The second-order valence-corrected chi connectivity index (χ2v) is 9.17. The fourth-order valence-corrected chi connectivity index (χ4v) is 4.26. The predicted molar refractivity (Wildman–Crippen MR) is 151 cm³/mol. The number of anilines is 1. The number of benzene rings is 4. The highest BCUT2D eigenvalue weighted by molar-refractivity contribution is 7.80. The first-order valence-corrected chi connectivity index (χ1v) is 12.6. The zero-order chi connectivity index (χ0) is 27.7. The number of hydrogen-bond acceptors (Lipinski definition) is 2. The normalized spacial score (nSPS) is 12.6. The summed E-state index contributed by atoms with van der Waals surface area (Å²) >= 11 is 5.62. The van der Waals surface area contributed by atoms with Gasteiger partial charge in [0.05, 0.1) is 17.6 Å². The van der Waals surface area contributed by atoms with Crippen molar-refractivity contribution in [2.24, 2.45) is 0 Å². The standard InChI is InChI=1S/C30H27F3N4OS/c31-30(32,33)24-16-18-25(19-17-24)35-28(38)36-26(22-12-6-2-7-13-22)27(23-14-8-3-9-15-23)37-29(39)34-20-21-10-4-1-5-11-21/h1-19,26-27H,20H2,(H2,34,37,39)(H2,35,36,38)/t26-,27+/m0/s1. The molecule has 0 unspecified atom stereocenters. The number of thiocarbonyl (C=S) groups is 1. The van der Waals surface area contributed by atoms with Crippen LogP contribution in [0.2, 0.25) is 0 Å². The molecule has 4 rings (SSSR count). The van der Waals surface area contributed by atoms with Gasteiger partial charge in [0, 0.05) is 12.2 Å². The van der Waals surface area contributed by atoms with Crippen LogP contribution in [0.5, 0.6) is 0 Å². The first-order valence-electron chi connectivity index (χ1n) is 12.2. The Balaban J connectivity index is 1.55. The molecule has 0 fully saturated rings. The number of carbonyl (C=O) groups is 1. The number of halogens is 3. The number of nitrogens with one attached hydrogen (secondary N) is 4. The van der Waals surface area contributed by atoms with Crippen LogP contribution in [-0.2, 0) is 12.7 Å². The fraction of sp³-hybridized carbons (Fsp3) is 0.133. The molecule has 0 saturated heterocycles. The third-order valence-corrected chi connectivity index (χ3v) is 6.25. The van der Waals surface area contributed by atoms with Crippen molar-refractivity contribution in [1.29, 1.82) is 0 Å². The van der Waals surface area contributed by atoms with E-state index in [9.17, 15) is 18.0 Å². The molecule has 0 aliphatic carbocycles. The molecule has 0 bridgehead atoms. The maximum atomic E-state index is 13.1. The van der Waals surface area contributed by atoms with Crippen molar-refractivity contribution in [3.63, 3.8) is 0 Å². The minimum absolute atomic E-state index is 0.233. The Kier molecular flexibility index (Phi) is 9.17. The quantitative estimate of drug-likeness (QED) is 0.180. The van der Waals surface area contributed by atoms with Crippen molar-refractivity contribution < 1.29 is 18.0 Å². The highest BCUT2D eigenvalue weighted by Gasteiger charge is 2.30. The van der Waals surface area contributed by atoms with Crippen LogP contribution < -0.4 is 21.3 Å². The Bertz CT molecular complexity index is 1350. The third kappa shape index (κ3) is 8.05. The molecule has 4 aromatic carbocycles. The molecule has 200 valence electrons. The zero-order valence-electron chi connectivity index (χ0n) is 20.8. The van der Waals surface area contributed by atoms with Crippen molar-refractivity contribution in [3.8, 4) is 0 Å². The number of carbonyl (C=O) groups excluding carboxylic acids is 1. The van der Waals surface area contributed by atoms with Gasteiger partial charge in [-0.2, -0.15) is 13.2 Å². The summed E-state index contributed by atoms with van der Waals surface area (Å²) in [6, 6.07) is 31.4. The van der Waals surface area contributed by atoms with E-state index in [0.717, 1.165) is 28.8 Å².